The minimum atomic E-state index is -0.299. The molecule has 0 atom stereocenters. The Hall–Kier alpha value is -1.31. The fourth-order valence-electron chi connectivity index (χ4n) is 2.23. The van der Waals surface area contributed by atoms with E-state index in [2.05, 4.69) is 32.6 Å². The maximum absolute atomic E-state index is 12.1. The molecule has 0 aliphatic carbocycles. The highest BCUT2D eigenvalue weighted by atomic mass is 127. The van der Waals surface area contributed by atoms with Crippen molar-refractivity contribution in [2.45, 2.75) is 18.9 Å². The number of rotatable bonds is 2. The van der Waals surface area contributed by atoms with Crippen LogP contribution in [0.4, 0.5) is 4.79 Å². The normalized spacial score (nSPS) is 15.8. The molecule has 0 saturated carbocycles. The van der Waals surface area contributed by atoms with Gasteiger partial charge in [0, 0.05) is 28.3 Å². The first kappa shape index (κ1) is 15.1. The predicted molar refractivity (Wildman–Crippen MR) is 83.6 cm³/mol. The van der Waals surface area contributed by atoms with Gasteiger partial charge in [0.25, 0.3) is 5.91 Å². The molecule has 108 valence electrons. The molecule has 0 radical (unpaired) electrons. The number of amides is 2. The van der Waals surface area contributed by atoms with Gasteiger partial charge in [-0.2, -0.15) is 0 Å². The topological polar surface area (TPSA) is 58.6 Å². The summed E-state index contributed by atoms with van der Waals surface area (Å²) in [5.74, 6) is -0.0555. The van der Waals surface area contributed by atoms with Crippen LogP contribution < -0.4 is 5.32 Å². The lowest BCUT2D eigenvalue weighted by atomic mass is 10.0. The molecule has 0 unspecified atom stereocenters. The summed E-state index contributed by atoms with van der Waals surface area (Å²) in [5.41, 5.74) is 0.673. The average Bonchev–Trinajstić information content (AvgIpc) is 2.47. The largest absolute Gasteiger partial charge is 0.453 e. The summed E-state index contributed by atoms with van der Waals surface area (Å²) in [6, 6.07) is 7.60. The van der Waals surface area contributed by atoms with E-state index in [9.17, 15) is 9.59 Å². The van der Waals surface area contributed by atoms with E-state index in [1.54, 1.807) is 11.0 Å². The third-order valence-electron chi connectivity index (χ3n) is 3.35. The molecule has 1 aliphatic rings. The maximum Gasteiger partial charge on any atom is 0.409 e. The van der Waals surface area contributed by atoms with Crippen LogP contribution in [0.2, 0.25) is 0 Å². The van der Waals surface area contributed by atoms with Gasteiger partial charge in [0.05, 0.1) is 7.11 Å². The van der Waals surface area contributed by atoms with Gasteiger partial charge in [-0.3, -0.25) is 4.79 Å². The smallest absolute Gasteiger partial charge is 0.409 e. The van der Waals surface area contributed by atoms with Crippen molar-refractivity contribution in [1.82, 2.24) is 10.2 Å². The Kier molecular flexibility index (Phi) is 5.22. The van der Waals surface area contributed by atoms with Crippen molar-refractivity contribution >= 4 is 34.6 Å². The fourth-order valence-corrected chi connectivity index (χ4v) is 2.78. The lowest BCUT2D eigenvalue weighted by Crippen LogP contribution is -2.46. The second-order valence-corrected chi connectivity index (χ2v) is 5.96. The van der Waals surface area contributed by atoms with Gasteiger partial charge in [-0.05, 0) is 53.6 Å². The van der Waals surface area contributed by atoms with Crippen molar-refractivity contribution in [3.8, 4) is 0 Å². The van der Waals surface area contributed by atoms with E-state index in [4.69, 9.17) is 0 Å². The second-order valence-electron chi connectivity index (χ2n) is 4.72. The van der Waals surface area contributed by atoms with Gasteiger partial charge >= 0.3 is 6.09 Å². The van der Waals surface area contributed by atoms with Crippen LogP contribution in [0.15, 0.2) is 24.3 Å². The number of benzene rings is 1. The lowest BCUT2D eigenvalue weighted by molar-refractivity contribution is 0.0892. The Morgan fingerprint density at radius 3 is 2.65 bits per heavy atom. The summed E-state index contributed by atoms with van der Waals surface area (Å²) in [7, 11) is 1.38. The molecular weight excluding hydrogens is 371 g/mol. The molecule has 1 aromatic rings. The van der Waals surface area contributed by atoms with Crippen molar-refractivity contribution < 1.29 is 14.3 Å². The molecule has 1 saturated heterocycles. The molecule has 0 aromatic heterocycles. The quantitative estimate of drug-likeness (QED) is 0.791. The minimum absolute atomic E-state index is 0.0555. The van der Waals surface area contributed by atoms with Crippen molar-refractivity contribution in [1.29, 1.82) is 0 Å². The summed E-state index contributed by atoms with van der Waals surface area (Å²) in [4.78, 5) is 25.1. The van der Waals surface area contributed by atoms with Crippen LogP contribution in [-0.2, 0) is 4.74 Å². The zero-order valence-corrected chi connectivity index (χ0v) is 13.4. The highest BCUT2D eigenvalue weighted by Crippen LogP contribution is 2.13. The molecule has 1 aromatic carbocycles. The highest BCUT2D eigenvalue weighted by Gasteiger charge is 2.24. The lowest BCUT2D eigenvalue weighted by Gasteiger charge is -2.31. The predicted octanol–water partition coefficient (Wildman–Crippen LogP) is 2.25. The maximum atomic E-state index is 12.1. The van der Waals surface area contributed by atoms with Gasteiger partial charge in [-0.15, -0.1) is 0 Å². The number of methoxy groups -OCH3 is 1. The highest BCUT2D eigenvalue weighted by molar-refractivity contribution is 14.1. The number of likely N-dealkylation sites (tertiary alicyclic amines) is 1. The summed E-state index contributed by atoms with van der Waals surface area (Å²) in [6.07, 6.45) is 1.21. The third kappa shape index (κ3) is 3.84. The molecule has 0 bridgehead atoms. The Labute approximate surface area is 131 Å². The first-order chi connectivity index (χ1) is 9.60. The monoisotopic (exact) mass is 388 g/mol. The molecule has 6 heteroatoms. The van der Waals surface area contributed by atoms with Crippen LogP contribution in [0.5, 0.6) is 0 Å². The number of hydrogen-bond donors (Lipinski definition) is 1. The van der Waals surface area contributed by atoms with Crippen molar-refractivity contribution in [2.75, 3.05) is 20.2 Å². The van der Waals surface area contributed by atoms with E-state index < -0.39 is 0 Å². The van der Waals surface area contributed by atoms with Gasteiger partial charge in [0.2, 0.25) is 0 Å². The molecule has 1 aliphatic heterocycles. The van der Waals surface area contributed by atoms with E-state index in [1.807, 2.05) is 18.2 Å². The standard InChI is InChI=1S/C14H17IN2O3/c1-20-14(19)17-7-5-12(6-8-17)16-13(18)10-3-2-4-11(15)9-10/h2-4,9,12H,5-8H2,1H3,(H,16,18). The SMILES string of the molecule is COC(=O)N1CCC(NC(=O)c2cccc(I)c2)CC1. The number of piperidine rings is 1. The van der Waals surface area contributed by atoms with Crippen LogP contribution >= 0.6 is 22.6 Å². The molecule has 0 spiro atoms. The molecule has 1 N–H and O–H groups in total. The number of hydrogen-bond acceptors (Lipinski definition) is 3. The van der Waals surface area contributed by atoms with Crippen molar-refractivity contribution in [2.24, 2.45) is 0 Å². The van der Waals surface area contributed by atoms with E-state index in [-0.39, 0.29) is 18.0 Å². The second kappa shape index (κ2) is 6.92. The van der Waals surface area contributed by atoms with Gasteiger partial charge < -0.3 is 15.0 Å². The summed E-state index contributed by atoms with van der Waals surface area (Å²) >= 11 is 2.19. The fraction of sp³-hybridized carbons (Fsp3) is 0.429. The van der Waals surface area contributed by atoms with E-state index in [1.165, 1.54) is 7.11 Å². The summed E-state index contributed by atoms with van der Waals surface area (Å²) in [6.45, 7) is 1.23. The van der Waals surface area contributed by atoms with E-state index in [0.717, 1.165) is 16.4 Å². The zero-order valence-electron chi connectivity index (χ0n) is 11.3. The van der Waals surface area contributed by atoms with Crippen LogP contribution in [0.3, 0.4) is 0 Å². The number of halogens is 1. The van der Waals surface area contributed by atoms with E-state index >= 15 is 0 Å². The molecule has 1 heterocycles. The molecule has 5 nitrogen and oxygen atoms in total. The first-order valence-electron chi connectivity index (χ1n) is 6.49. The zero-order chi connectivity index (χ0) is 14.5. The molecular formula is C14H17IN2O3. The Bertz CT molecular complexity index is 499. The van der Waals surface area contributed by atoms with Crippen molar-refractivity contribution in [3.05, 3.63) is 33.4 Å². The third-order valence-corrected chi connectivity index (χ3v) is 4.02. The number of ether oxygens (including phenoxy) is 1. The molecule has 20 heavy (non-hydrogen) atoms. The average molecular weight is 388 g/mol. The van der Waals surface area contributed by atoms with Crippen LogP contribution in [0, 0.1) is 3.57 Å². The van der Waals surface area contributed by atoms with Crippen LogP contribution in [0.1, 0.15) is 23.2 Å². The van der Waals surface area contributed by atoms with Gasteiger partial charge in [0.15, 0.2) is 0 Å². The van der Waals surface area contributed by atoms with Crippen LogP contribution in [-0.4, -0.2) is 43.1 Å². The number of carbonyl (C=O) groups is 2. The van der Waals surface area contributed by atoms with Gasteiger partial charge in [-0.1, -0.05) is 6.07 Å². The number of carbonyl (C=O) groups excluding carboxylic acids is 2. The van der Waals surface area contributed by atoms with Gasteiger partial charge in [0.1, 0.15) is 0 Å². The minimum Gasteiger partial charge on any atom is -0.453 e. The molecule has 2 amide bonds. The Morgan fingerprint density at radius 2 is 2.05 bits per heavy atom. The van der Waals surface area contributed by atoms with Gasteiger partial charge in [-0.25, -0.2) is 4.79 Å². The molecule has 1 fully saturated rings. The van der Waals surface area contributed by atoms with Crippen molar-refractivity contribution in [3.63, 3.8) is 0 Å². The Morgan fingerprint density at radius 1 is 1.35 bits per heavy atom. The summed E-state index contributed by atoms with van der Waals surface area (Å²) < 4.78 is 5.73. The molecule has 2 rings (SSSR count). The van der Waals surface area contributed by atoms with Crippen LogP contribution in [0.25, 0.3) is 0 Å². The first-order valence-corrected chi connectivity index (χ1v) is 7.57. The number of nitrogens with one attached hydrogen (secondary N) is 1. The summed E-state index contributed by atoms with van der Waals surface area (Å²) in [5, 5.41) is 3.02. The number of nitrogens with zero attached hydrogens (tertiary/aromatic N) is 1. The Balaban J connectivity index is 1.86. The van der Waals surface area contributed by atoms with E-state index in [0.29, 0.717) is 18.7 Å².